The molecule has 3 heteroatoms. The summed E-state index contributed by atoms with van der Waals surface area (Å²) in [4.78, 5) is 2.47. The molecule has 0 saturated carbocycles. The van der Waals surface area contributed by atoms with Crippen LogP contribution in [0.2, 0.25) is 0 Å². The van der Waals surface area contributed by atoms with Gasteiger partial charge in [0.25, 0.3) is 0 Å². The number of nitriles is 1. The highest BCUT2D eigenvalue weighted by Crippen LogP contribution is 2.27. The molecule has 0 aromatic carbocycles. The van der Waals surface area contributed by atoms with Crippen LogP contribution >= 0.6 is 15.9 Å². The molecule has 3 unspecified atom stereocenters. The minimum Gasteiger partial charge on any atom is -0.287 e. The average molecular weight is 203 g/mol. The Morgan fingerprint density at radius 3 is 2.50 bits per heavy atom. The van der Waals surface area contributed by atoms with Gasteiger partial charge >= 0.3 is 0 Å². The van der Waals surface area contributed by atoms with Gasteiger partial charge in [0.15, 0.2) is 0 Å². The molecule has 1 aliphatic rings. The third kappa shape index (κ3) is 1.18. The second kappa shape index (κ2) is 2.89. The molecule has 1 aliphatic heterocycles. The summed E-state index contributed by atoms with van der Waals surface area (Å²) in [6.07, 6.45) is 1.08. The van der Waals surface area contributed by atoms with E-state index in [-0.39, 0.29) is 6.04 Å². The summed E-state index contributed by atoms with van der Waals surface area (Å²) < 4.78 is 0. The highest BCUT2D eigenvalue weighted by molar-refractivity contribution is 9.09. The molecular formula is C7H11BrN2. The first-order valence-corrected chi connectivity index (χ1v) is 4.34. The van der Waals surface area contributed by atoms with Crippen LogP contribution in [0, 0.1) is 11.3 Å². The molecule has 2 nitrogen and oxygen atoms in total. The fourth-order valence-electron chi connectivity index (χ4n) is 1.32. The van der Waals surface area contributed by atoms with Gasteiger partial charge in [0, 0.05) is 10.9 Å². The lowest BCUT2D eigenvalue weighted by Gasteiger charge is -2.17. The van der Waals surface area contributed by atoms with Gasteiger partial charge < -0.3 is 0 Å². The molecule has 0 N–H and O–H groups in total. The molecule has 3 atom stereocenters. The molecule has 0 aliphatic carbocycles. The van der Waals surface area contributed by atoms with Gasteiger partial charge in [0.05, 0.1) is 6.07 Å². The minimum atomic E-state index is 0.0648. The lowest BCUT2D eigenvalue weighted by atomic mass is 10.2. The molecule has 0 radical (unpaired) electrons. The van der Waals surface area contributed by atoms with Crippen LogP contribution in [0.5, 0.6) is 0 Å². The maximum atomic E-state index is 8.70. The van der Waals surface area contributed by atoms with Gasteiger partial charge in [-0.25, -0.2) is 0 Å². The van der Waals surface area contributed by atoms with Crippen molar-refractivity contribution in [2.45, 2.75) is 30.3 Å². The highest BCUT2D eigenvalue weighted by atomic mass is 79.9. The minimum absolute atomic E-state index is 0.0648. The van der Waals surface area contributed by atoms with Crippen LogP contribution in [0.15, 0.2) is 0 Å². The number of rotatable bonds is 0. The van der Waals surface area contributed by atoms with Gasteiger partial charge in [-0.2, -0.15) is 5.26 Å². The highest BCUT2D eigenvalue weighted by Gasteiger charge is 2.34. The summed E-state index contributed by atoms with van der Waals surface area (Å²) >= 11 is 3.48. The number of likely N-dealkylation sites (tertiary alicyclic amines) is 1. The van der Waals surface area contributed by atoms with E-state index in [9.17, 15) is 0 Å². The fraction of sp³-hybridized carbons (Fsp3) is 0.857. The zero-order valence-electron chi connectivity index (χ0n) is 6.21. The van der Waals surface area contributed by atoms with Crippen molar-refractivity contribution in [3.8, 4) is 6.07 Å². The summed E-state index contributed by atoms with van der Waals surface area (Å²) in [6.45, 7) is 2.14. The first-order chi connectivity index (χ1) is 4.66. The van der Waals surface area contributed by atoms with Crippen molar-refractivity contribution < 1.29 is 0 Å². The molecule has 10 heavy (non-hydrogen) atoms. The monoisotopic (exact) mass is 202 g/mol. The van der Waals surface area contributed by atoms with Gasteiger partial charge in [-0.05, 0) is 20.4 Å². The van der Waals surface area contributed by atoms with E-state index < -0.39 is 0 Å². The van der Waals surface area contributed by atoms with Crippen LogP contribution in [0.25, 0.3) is 0 Å². The van der Waals surface area contributed by atoms with E-state index in [1.54, 1.807) is 0 Å². The van der Waals surface area contributed by atoms with Crippen LogP contribution in [0.1, 0.15) is 13.3 Å². The molecule has 0 spiro atoms. The zero-order chi connectivity index (χ0) is 7.72. The molecule has 1 saturated heterocycles. The standard InChI is InChI=1S/C7H11BrN2/c1-5-3-6(8)7(4-9)10(5)2/h5-7H,3H2,1-2H3. The van der Waals surface area contributed by atoms with Crippen LogP contribution < -0.4 is 0 Å². The van der Waals surface area contributed by atoms with Crippen molar-refractivity contribution >= 4 is 15.9 Å². The molecule has 56 valence electrons. The lowest BCUT2D eigenvalue weighted by Crippen LogP contribution is -2.31. The largest absolute Gasteiger partial charge is 0.287 e. The van der Waals surface area contributed by atoms with E-state index in [1.165, 1.54) is 0 Å². The van der Waals surface area contributed by atoms with Crippen molar-refractivity contribution in [1.29, 1.82) is 5.26 Å². The van der Waals surface area contributed by atoms with Gasteiger partial charge in [-0.1, -0.05) is 15.9 Å². The molecule has 0 amide bonds. The predicted molar refractivity (Wildman–Crippen MR) is 44.0 cm³/mol. The van der Waals surface area contributed by atoms with E-state index in [4.69, 9.17) is 5.26 Å². The van der Waals surface area contributed by atoms with Gasteiger partial charge in [0.1, 0.15) is 6.04 Å². The number of halogens is 1. The predicted octanol–water partition coefficient (Wildman–Crippen LogP) is 1.37. The molecule has 0 aromatic rings. The fourth-order valence-corrected chi connectivity index (χ4v) is 2.35. The van der Waals surface area contributed by atoms with Gasteiger partial charge in [0.2, 0.25) is 0 Å². The Morgan fingerprint density at radius 2 is 2.30 bits per heavy atom. The number of hydrogen-bond donors (Lipinski definition) is 0. The first-order valence-electron chi connectivity index (χ1n) is 3.42. The number of hydrogen-bond acceptors (Lipinski definition) is 2. The van der Waals surface area contributed by atoms with Gasteiger partial charge in [-0.3, -0.25) is 4.90 Å². The molecule has 0 bridgehead atoms. The van der Waals surface area contributed by atoms with E-state index in [0.717, 1.165) is 6.42 Å². The van der Waals surface area contributed by atoms with E-state index in [2.05, 4.69) is 33.8 Å². The number of alkyl halides is 1. The van der Waals surface area contributed by atoms with Crippen molar-refractivity contribution in [3.63, 3.8) is 0 Å². The summed E-state index contributed by atoms with van der Waals surface area (Å²) in [6, 6.07) is 2.87. The molecule has 1 heterocycles. The van der Waals surface area contributed by atoms with E-state index in [0.29, 0.717) is 10.9 Å². The Morgan fingerprint density at radius 1 is 1.70 bits per heavy atom. The maximum Gasteiger partial charge on any atom is 0.110 e. The Balaban J connectivity index is 2.66. The normalized spacial score (nSPS) is 41.6. The molecule has 1 rings (SSSR count). The number of nitrogens with zero attached hydrogens (tertiary/aromatic N) is 2. The Labute approximate surface area is 69.9 Å². The SMILES string of the molecule is CC1CC(Br)C(C#N)N1C. The first kappa shape index (κ1) is 8.03. The summed E-state index contributed by atoms with van der Waals surface area (Å²) in [5, 5.41) is 8.70. The third-order valence-electron chi connectivity index (χ3n) is 2.18. The van der Waals surface area contributed by atoms with Crippen molar-refractivity contribution in [1.82, 2.24) is 4.90 Å². The van der Waals surface area contributed by atoms with Crippen molar-refractivity contribution in [2.24, 2.45) is 0 Å². The molecule has 0 aromatic heterocycles. The summed E-state index contributed by atoms with van der Waals surface area (Å²) in [5.74, 6) is 0. The lowest BCUT2D eigenvalue weighted by molar-refractivity contribution is 0.292. The van der Waals surface area contributed by atoms with Crippen LogP contribution in [-0.2, 0) is 0 Å². The quantitative estimate of drug-likeness (QED) is 0.556. The van der Waals surface area contributed by atoms with E-state index in [1.807, 2.05) is 7.05 Å². The Bertz CT molecular complexity index is 163. The summed E-state index contributed by atoms with van der Waals surface area (Å²) in [5.41, 5.74) is 0. The van der Waals surface area contributed by atoms with Crippen LogP contribution in [0.3, 0.4) is 0 Å². The topological polar surface area (TPSA) is 27.0 Å². The smallest absolute Gasteiger partial charge is 0.110 e. The van der Waals surface area contributed by atoms with Crippen LogP contribution in [-0.4, -0.2) is 28.9 Å². The zero-order valence-corrected chi connectivity index (χ0v) is 7.80. The molecular weight excluding hydrogens is 192 g/mol. The van der Waals surface area contributed by atoms with Crippen LogP contribution in [0.4, 0.5) is 0 Å². The Kier molecular flexibility index (Phi) is 2.32. The third-order valence-corrected chi connectivity index (χ3v) is 3.05. The molecule has 1 fully saturated rings. The van der Waals surface area contributed by atoms with Crippen molar-refractivity contribution in [2.75, 3.05) is 7.05 Å². The summed E-state index contributed by atoms with van der Waals surface area (Å²) in [7, 11) is 2.00. The van der Waals surface area contributed by atoms with E-state index >= 15 is 0 Å². The second-order valence-corrected chi connectivity index (χ2v) is 4.02. The van der Waals surface area contributed by atoms with Gasteiger partial charge in [-0.15, -0.1) is 0 Å². The second-order valence-electron chi connectivity index (χ2n) is 2.84. The maximum absolute atomic E-state index is 8.70. The average Bonchev–Trinajstić information content (AvgIpc) is 2.09. The van der Waals surface area contributed by atoms with Crippen molar-refractivity contribution in [3.05, 3.63) is 0 Å². The Hall–Kier alpha value is -0.0700.